The van der Waals surface area contributed by atoms with Gasteiger partial charge < -0.3 is 10.2 Å². The number of halogens is 3. The largest absolute Gasteiger partial charge is 0.416 e. The molecule has 0 saturated carbocycles. The Balaban J connectivity index is 1.69. The molecule has 0 aliphatic rings. The first-order valence-electron chi connectivity index (χ1n) is 8.52. The number of alkyl halides is 3. The smallest absolute Gasteiger partial charge is 0.381 e. The fourth-order valence-electron chi connectivity index (χ4n) is 2.71. The molecule has 0 bridgehead atoms. The molecule has 0 aliphatic carbocycles. The maximum Gasteiger partial charge on any atom is 0.416 e. The topological polar surface area (TPSA) is 15.3 Å². The molecule has 0 aromatic heterocycles. The average molecular weight is 369 g/mol. The van der Waals surface area contributed by atoms with Gasteiger partial charge in [0.2, 0.25) is 0 Å². The lowest BCUT2D eigenvalue weighted by Crippen LogP contribution is -2.07. The summed E-state index contributed by atoms with van der Waals surface area (Å²) in [5.41, 5.74) is 4.20. The van der Waals surface area contributed by atoms with Gasteiger partial charge in [0, 0.05) is 32.0 Å². The first-order valence-corrected chi connectivity index (χ1v) is 8.52. The Labute approximate surface area is 157 Å². The fraction of sp³-hybridized carbons (Fsp3) is 0.182. The normalized spacial score (nSPS) is 11.3. The van der Waals surface area contributed by atoms with Gasteiger partial charge in [-0.25, -0.2) is 0 Å². The molecule has 5 heteroatoms. The van der Waals surface area contributed by atoms with E-state index in [2.05, 4.69) is 23.5 Å². The second-order valence-electron chi connectivity index (χ2n) is 6.48. The second kappa shape index (κ2) is 7.74. The van der Waals surface area contributed by atoms with Gasteiger partial charge in [0.05, 0.1) is 5.56 Å². The summed E-state index contributed by atoms with van der Waals surface area (Å²) in [6.07, 6.45) is -4.31. The van der Waals surface area contributed by atoms with Crippen LogP contribution in [0, 0.1) is 6.07 Å². The van der Waals surface area contributed by atoms with Gasteiger partial charge in [0.1, 0.15) is 0 Å². The van der Waals surface area contributed by atoms with Crippen molar-refractivity contribution in [3.63, 3.8) is 0 Å². The zero-order valence-corrected chi connectivity index (χ0v) is 15.1. The van der Waals surface area contributed by atoms with E-state index in [1.807, 2.05) is 49.3 Å². The van der Waals surface area contributed by atoms with Crippen molar-refractivity contribution >= 4 is 11.4 Å². The van der Waals surface area contributed by atoms with Gasteiger partial charge >= 0.3 is 6.18 Å². The van der Waals surface area contributed by atoms with E-state index in [0.29, 0.717) is 12.2 Å². The van der Waals surface area contributed by atoms with E-state index in [1.165, 1.54) is 12.1 Å². The molecule has 0 atom stereocenters. The van der Waals surface area contributed by atoms with E-state index in [-0.39, 0.29) is 0 Å². The third kappa shape index (κ3) is 4.82. The van der Waals surface area contributed by atoms with Crippen LogP contribution in [0.2, 0.25) is 0 Å². The van der Waals surface area contributed by atoms with Gasteiger partial charge in [-0.2, -0.15) is 13.2 Å². The molecular formula is C22H20F3N2. The number of hydrogen-bond donors (Lipinski definition) is 1. The Morgan fingerprint density at radius 3 is 2.19 bits per heavy atom. The highest BCUT2D eigenvalue weighted by molar-refractivity contribution is 5.66. The molecule has 0 amide bonds. The highest BCUT2D eigenvalue weighted by atomic mass is 19.4. The molecule has 1 N–H and O–H groups in total. The quantitative estimate of drug-likeness (QED) is 0.607. The number of anilines is 2. The zero-order valence-electron chi connectivity index (χ0n) is 15.1. The molecule has 139 valence electrons. The lowest BCUT2D eigenvalue weighted by molar-refractivity contribution is -0.137. The minimum atomic E-state index is -4.31. The van der Waals surface area contributed by atoms with E-state index in [0.717, 1.165) is 34.5 Å². The van der Waals surface area contributed by atoms with Crippen molar-refractivity contribution in [3.8, 4) is 11.1 Å². The van der Waals surface area contributed by atoms with Crippen LogP contribution in [0.3, 0.4) is 0 Å². The van der Waals surface area contributed by atoms with E-state index >= 15 is 0 Å². The molecule has 1 radical (unpaired) electrons. The Morgan fingerprint density at radius 1 is 0.926 bits per heavy atom. The van der Waals surface area contributed by atoms with Gasteiger partial charge in [-0.1, -0.05) is 24.3 Å². The van der Waals surface area contributed by atoms with Crippen molar-refractivity contribution in [2.75, 3.05) is 24.3 Å². The number of hydrogen-bond acceptors (Lipinski definition) is 2. The third-order valence-corrected chi connectivity index (χ3v) is 4.27. The molecule has 3 aromatic rings. The summed E-state index contributed by atoms with van der Waals surface area (Å²) in [4.78, 5) is 2.04. The summed E-state index contributed by atoms with van der Waals surface area (Å²) in [5.74, 6) is 0. The highest BCUT2D eigenvalue weighted by Gasteiger charge is 2.29. The standard InChI is InChI=1S/C22H20F3N2/c1-27(2)21-12-6-17(7-13-21)18-5-3-4-16(14-18)15-26-20-10-8-19(9-11-20)22(23,24)25/h3-4,6-14,26H,15H2,1-2H3. The van der Waals surface area contributed by atoms with Crippen molar-refractivity contribution in [1.82, 2.24) is 0 Å². The molecular weight excluding hydrogens is 349 g/mol. The third-order valence-electron chi connectivity index (χ3n) is 4.27. The van der Waals surface area contributed by atoms with E-state index in [1.54, 1.807) is 0 Å². The summed E-state index contributed by atoms with van der Waals surface area (Å²) in [6, 6.07) is 22.3. The van der Waals surface area contributed by atoms with Crippen LogP contribution >= 0.6 is 0 Å². The van der Waals surface area contributed by atoms with Gasteiger partial charge in [-0.3, -0.25) is 0 Å². The maximum atomic E-state index is 12.6. The van der Waals surface area contributed by atoms with Gasteiger partial charge in [0.25, 0.3) is 0 Å². The summed E-state index contributed by atoms with van der Waals surface area (Å²) in [5, 5.41) is 3.15. The Kier molecular flexibility index (Phi) is 5.40. The first-order chi connectivity index (χ1) is 12.8. The molecule has 0 heterocycles. The van der Waals surface area contributed by atoms with Crippen LogP contribution in [-0.4, -0.2) is 14.1 Å². The molecule has 0 fully saturated rings. The van der Waals surface area contributed by atoms with Crippen molar-refractivity contribution in [2.24, 2.45) is 0 Å². The minimum Gasteiger partial charge on any atom is -0.381 e. The number of nitrogens with one attached hydrogen (secondary N) is 1. The van der Waals surface area contributed by atoms with E-state index in [9.17, 15) is 13.2 Å². The predicted octanol–water partition coefficient (Wildman–Crippen LogP) is 5.85. The van der Waals surface area contributed by atoms with Crippen LogP contribution in [0.4, 0.5) is 24.5 Å². The SMILES string of the molecule is CN(C)c1ccc(-c2[c]ccc(CNc3ccc(C(F)(F)F)cc3)c2)cc1. The van der Waals surface area contributed by atoms with Crippen molar-refractivity contribution < 1.29 is 13.2 Å². The van der Waals surface area contributed by atoms with Crippen LogP contribution in [-0.2, 0) is 12.7 Å². The first kappa shape index (κ1) is 18.8. The molecule has 3 aromatic carbocycles. The number of nitrogens with zero attached hydrogens (tertiary/aromatic N) is 1. The highest BCUT2D eigenvalue weighted by Crippen LogP contribution is 2.30. The van der Waals surface area contributed by atoms with Gasteiger partial charge in [0.15, 0.2) is 0 Å². The van der Waals surface area contributed by atoms with Crippen molar-refractivity contribution in [2.45, 2.75) is 12.7 Å². The lowest BCUT2D eigenvalue weighted by Gasteiger charge is -2.13. The number of benzene rings is 3. The monoisotopic (exact) mass is 369 g/mol. The Hall–Kier alpha value is -2.95. The molecule has 3 rings (SSSR count). The second-order valence-corrected chi connectivity index (χ2v) is 6.48. The summed E-state index contributed by atoms with van der Waals surface area (Å²) in [7, 11) is 3.99. The lowest BCUT2D eigenvalue weighted by atomic mass is 10.0. The van der Waals surface area contributed by atoms with Crippen LogP contribution in [0.25, 0.3) is 11.1 Å². The van der Waals surface area contributed by atoms with Crippen LogP contribution < -0.4 is 10.2 Å². The van der Waals surface area contributed by atoms with Crippen LogP contribution in [0.1, 0.15) is 11.1 Å². The Bertz CT molecular complexity index is 883. The average Bonchev–Trinajstić information content (AvgIpc) is 2.66. The molecule has 2 nitrogen and oxygen atoms in total. The molecule has 0 unspecified atom stereocenters. The molecule has 27 heavy (non-hydrogen) atoms. The van der Waals surface area contributed by atoms with E-state index < -0.39 is 11.7 Å². The summed E-state index contributed by atoms with van der Waals surface area (Å²) >= 11 is 0. The summed E-state index contributed by atoms with van der Waals surface area (Å²) < 4.78 is 37.9. The van der Waals surface area contributed by atoms with E-state index in [4.69, 9.17) is 0 Å². The molecule has 0 aliphatic heterocycles. The van der Waals surface area contributed by atoms with Gasteiger partial charge in [-0.15, -0.1) is 0 Å². The van der Waals surface area contributed by atoms with Crippen LogP contribution in [0.5, 0.6) is 0 Å². The maximum absolute atomic E-state index is 12.6. The fourth-order valence-corrected chi connectivity index (χ4v) is 2.71. The van der Waals surface area contributed by atoms with Gasteiger partial charge in [-0.05, 0) is 65.2 Å². The zero-order chi connectivity index (χ0) is 19.4. The van der Waals surface area contributed by atoms with Crippen molar-refractivity contribution in [3.05, 3.63) is 83.9 Å². The van der Waals surface area contributed by atoms with Crippen LogP contribution in [0.15, 0.2) is 66.7 Å². The van der Waals surface area contributed by atoms with Crippen molar-refractivity contribution in [1.29, 1.82) is 0 Å². The number of rotatable bonds is 5. The Morgan fingerprint density at radius 2 is 1.59 bits per heavy atom. The molecule has 0 saturated heterocycles. The molecule has 0 spiro atoms. The minimum absolute atomic E-state index is 0.517. The predicted molar refractivity (Wildman–Crippen MR) is 104 cm³/mol. The summed E-state index contributed by atoms with van der Waals surface area (Å²) in [6.45, 7) is 0.517.